The molecule has 0 bridgehead atoms. The van der Waals surface area contributed by atoms with E-state index in [4.69, 9.17) is 4.74 Å². The Morgan fingerprint density at radius 3 is 2.92 bits per heavy atom. The first-order chi connectivity index (χ1) is 5.93. The standard InChI is InChI=1S/C8H10NO.BrH.Zn/c1-2-6-10-8-4-3-5-9-7-8;;/h4-5,7H,2,6H2,1H3;1H;/q-1;;+2/p-1. The van der Waals surface area contributed by atoms with Crippen LogP contribution in [0.25, 0.3) is 0 Å². The van der Waals surface area contributed by atoms with Crippen molar-refractivity contribution >= 4 is 13.6 Å². The van der Waals surface area contributed by atoms with Gasteiger partial charge in [0, 0.05) is 0 Å². The number of nitrogens with zero attached hydrogens (tertiary/aromatic N) is 1. The molecule has 0 saturated heterocycles. The van der Waals surface area contributed by atoms with Crippen molar-refractivity contribution in [2.75, 3.05) is 6.61 Å². The van der Waals surface area contributed by atoms with Crippen molar-refractivity contribution in [1.82, 2.24) is 4.98 Å². The van der Waals surface area contributed by atoms with E-state index < -0.39 is 0 Å². The van der Waals surface area contributed by atoms with Gasteiger partial charge in [-0.3, -0.25) is 0 Å². The zero-order valence-corrected chi connectivity index (χ0v) is 11.6. The van der Waals surface area contributed by atoms with Crippen LogP contribution >= 0.6 is 13.6 Å². The van der Waals surface area contributed by atoms with Gasteiger partial charge in [0.05, 0.1) is 6.61 Å². The molecule has 0 unspecified atom stereocenters. The second-order valence-corrected chi connectivity index (χ2v) is 1.97. The Morgan fingerprint density at radius 1 is 1.67 bits per heavy atom. The number of pyridine rings is 1. The zero-order valence-electron chi connectivity index (χ0n) is 7.09. The Hall–Kier alpha value is 0.0534. The Labute approximate surface area is 89.8 Å². The van der Waals surface area contributed by atoms with Gasteiger partial charge in [-0.15, -0.1) is 0 Å². The van der Waals surface area contributed by atoms with Crippen LogP contribution in [0.4, 0.5) is 0 Å². The second-order valence-electron chi connectivity index (χ2n) is 1.97. The van der Waals surface area contributed by atoms with Crippen LogP contribution in [0.15, 0.2) is 18.5 Å². The molecule has 0 radical (unpaired) electrons. The van der Waals surface area contributed by atoms with E-state index in [-0.39, 0.29) is 0 Å². The Balaban J connectivity index is 0.000000561. The molecule has 0 aliphatic carbocycles. The monoisotopic (exact) mass is 279 g/mol. The maximum absolute atomic E-state index is 5.26. The van der Waals surface area contributed by atoms with Crippen LogP contribution in [0.3, 0.4) is 0 Å². The molecule has 0 N–H and O–H groups in total. The van der Waals surface area contributed by atoms with Crippen molar-refractivity contribution in [3.63, 3.8) is 0 Å². The fraction of sp³-hybridized carbons (Fsp3) is 0.375. The van der Waals surface area contributed by atoms with Gasteiger partial charge in [-0.1, -0.05) is 13.1 Å². The number of hydrogen-bond donors (Lipinski definition) is 0. The molecule has 2 nitrogen and oxygen atoms in total. The van der Waals surface area contributed by atoms with E-state index in [2.05, 4.69) is 31.6 Å². The van der Waals surface area contributed by atoms with Gasteiger partial charge in [-0.05, 0) is 18.4 Å². The summed E-state index contributed by atoms with van der Waals surface area (Å²) in [5, 5.41) is 0. The van der Waals surface area contributed by atoms with Gasteiger partial charge >= 0.3 is 30.0 Å². The summed E-state index contributed by atoms with van der Waals surface area (Å²) in [4.78, 5) is 3.86. The third-order valence-electron chi connectivity index (χ3n) is 1.05. The van der Waals surface area contributed by atoms with Gasteiger partial charge in [0.1, 0.15) is 0 Å². The number of rotatable bonds is 3. The Bertz CT molecular complexity index is 184. The van der Waals surface area contributed by atoms with Crippen molar-refractivity contribution in [2.24, 2.45) is 0 Å². The molecule has 1 rings (SSSR count). The SMILES string of the molecule is CCCOc1c[c-]cnc1.[Zn+][Br]. The van der Waals surface area contributed by atoms with Crippen molar-refractivity contribution in [3.05, 3.63) is 24.5 Å². The van der Waals surface area contributed by atoms with E-state index in [1.54, 1.807) is 18.5 Å². The Morgan fingerprint density at radius 2 is 2.42 bits per heavy atom. The average Bonchev–Trinajstić information content (AvgIpc) is 2.19. The molecule has 0 atom stereocenters. The summed E-state index contributed by atoms with van der Waals surface area (Å²) in [5.41, 5.74) is 0. The number of ether oxygens (including phenoxy) is 1. The summed E-state index contributed by atoms with van der Waals surface area (Å²) < 4.78 is 5.26. The van der Waals surface area contributed by atoms with E-state index in [1.165, 1.54) is 16.3 Å². The molecule has 1 aromatic rings. The van der Waals surface area contributed by atoms with Crippen molar-refractivity contribution < 1.29 is 21.1 Å². The first-order valence-corrected chi connectivity index (χ1v) is 10.6. The van der Waals surface area contributed by atoms with E-state index in [0.29, 0.717) is 0 Å². The van der Waals surface area contributed by atoms with Crippen LogP contribution in [0.1, 0.15) is 13.3 Å². The number of halogens is 1. The van der Waals surface area contributed by atoms with Crippen molar-refractivity contribution in [1.29, 1.82) is 0 Å². The molecule has 1 aromatic heterocycles. The van der Waals surface area contributed by atoms with E-state index >= 15 is 0 Å². The van der Waals surface area contributed by atoms with Gasteiger partial charge in [0.25, 0.3) is 0 Å². The number of hydrogen-bond acceptors (Lipinski definition) is 2. The summed E-state index contributed by atoms with van der Waals surface area (Å²) in [5.74, 6) is 0.796. The van der Waals surface area contributed by atoms with Crippen LogP contribution < -0.4 is 4.74 Å². The Kier molecular flexibility index (Phi) is 9.18. The predicted molar refractivity (Wildman–Crippen MR) is 47.8 cm³/mol. The molecule has 0 aromatic carbocycles. The zero-order chi connectivity index (χ0) is 9.23. The van der Waals surface area contributed by atoms with Crippen molar-refractivity contribution in [2.45, 2.75) is 13.3 Å². The molecule has 0 fully saturated rings. The van der Waals surface area contributed by atoms with Crippen LogP contribution in [-0.4, -0.2) is 11.6 Å². The second kappa shape index (κ2) is 9.14. The summed E-state index contributed by atoms with van der Waals surface area (Å²) in [6, 6.07) is 4.61. The van der Waals surface area contributed by atoms with E-state index in [0.717, 1.165) is 18.8 Å². The van der Waals surface area contributed by atoms with Gasteiger partial charge < -0.3 is 9.72 Å². The molecule has 1 heterocycles. The first kappa shape index (κ1) is 12.1. The molecule has 0 aliphatic rings. The van der Waals surface area contributed by atoms with Gasteiger partial charge in [-0.25, -0.2) is 6.07 Å². The summed E-state index contributed by atoms with van der Waals surface area (Å²) in [7, 11) is 0. The molecule has 0 spiro atoms. The van der Waals surface area contributed by atoms with Crippen molar-refractivity contribution in [3.8, 4) is 5.75 Å². The normalized spacial score (nSPS) is 8.33. The third kappa shape index (κ3) is 5.67. The van der Waals surface area contributed by atoms with E-state index in [1.807, 2.05) is 0 Å². The number of aromatic nitrogens is 1. The minimum absolute atomic E-state index is 0.750. The molecular weight excluding hydrogens is 271 g/mol. The van der Waals surface area contributed by atoms with E-state index in [9.17, 15) is 0 Å². The molecule has 0 saturated carbocycles. The molecular formula is C8H10BrNOZn. The third-order valence-corrected chi connectivity index (χ3v) is 1.05. The fourth-order valence-electron chi connectivity index (χ4n) is 0.609. The quantitative estimate of drug-likeness (QED) is 0.627. The van der Waals surface area contributed by atoms with Crippen LogP contribution in [0.5, 0.6) is 5.75 Å². The van der Waals surface area contributed by atoms with Crippen LogP contribution in [0.2, 0.25) is 0 Å². The molecule has 4 heteroatoms. The molecule has 62 valence electrons. The predicted octanol–water partition coefficient (Wildman–Crippen LogP) is 2.51. The summed E-state index contributed by atoms with van der Waals surface area (Å²) in [6.07, 6.45) is 4.32. The molecule has 0 amide bonds. The fourth-order valence-corrected chi connectivity index (χ4v) is 0.609. The maximum atomic E-state index is 5.26. The molecule has 12 heavy (non-hydrogen) atoms. The van der Waals surface area contributed by atoms with Gasteiger partial charge in [0.2, 0.25) is 0 Å². The summed E-state index contributed by atoms with van der Waals surface area (Å²) >= 11 is 4.25. The summed E-state index contributed by atoms with van der Waals surface area (Å²) in [6.45, 7) is 2.82. The topological polar surface area (TPSA) is 22.1 Å². The van der Waals surface area contributed by atoms with Gasteiger partial charge in [-0.2, -0.15) is 6.07 Å². The van der Waals surface area contributed by atoms with Crippen LogP contribution in [-0.2, 0) is 16.3 Å². The van der Waals surface area contributed by atoms with Gasteiger partial charge in [0.15, 0.2) is 0 Å². The first-order valence-electron chi connectivity index (χ1n) is 3.64. The molecule has 0 aliphatic heterocycles. The average molecular weight is 281 g/mol. The minimum atomic E-state index is 0.750. The van der Waals surface area contributed by atoms with Crippen LogP contribution in [0, 0.1) is 6.07 Å².